The number of fused-ring (bicyclic) bond motifs is 1. The van der Waals surface area contributed by atoms with Crippen LogP contribution in [0.4, 0.5) is 0 Å². The number of aromatic carboxylic acids is 1. The van der Waals surface area contributed by atoms with Crippen molar-refractivity contribution in [3.05, 3.63) is 53.6 Å². The summed E-state index contributed by atoms with van der Waals surface area (Å²) in [5, 5.41) is 25.9. The van der Waals surface area contributed by atoms with E-state index in [0.717, 1.165) is 0 Å². The minimum absolute atomic E-state index is 0.164. The van der Waals surface area contributed by atoms with Crippen LogP contribution >= 0.6 is 0 Å². The molecule has 1 aromatic heterocycles. The van der Waals surface area contributed by atoms with Crippen molar-refractivity contribution >= 4 is 17.0 Å². The fourth-order valence-corrected chi connectivity index (χ4v) is 1.95. The maximum Gasteiger partial charge on any atom is 0.335 e. The summed E-state index contributed by atoms with van der Waals surface area (Å²) in [6.45, 7) is 0. The first-order chi connectivity index (χ1) is 9.69. The molecule has 3 rings (SSSR count). The van der Waals surface area contributed by atoms with Gasteiger partial charge in [-0.25, -0.2) is 9.48 Å². The van der Waals surface area contributed by atoms with E-state index in [4.69, 9.17) is 10.4 Å². The summed E-state index contributed by atoms with van der Waals surface area (Å²) in [6.07, 6.45) is 0. The van der Waals surface area contributed by atoms with Gasteiger partial charge in [0.15, 0.2) is 0 Å². The van der Waals surface area contributed by atoms with E-state index in [9.17, 15) is 4.79 Å². The predicted molar refractivity (Wildman–Crippen MR) is 70.5 cm³/mol. The number of nitrogens with zero attached hydrogens (tertiary/aromatic N) is 4. The number of nitriles is 1. The van der Waals surface area contributed by atoms with Crippen LogP contribution in [0.1, 0.15) is 15.9 Å². The quantitative estimate of drug-likeness (QED) is 0.764. The number of hydrogen-bond donors (Lipinski definition) is 1. The third kappa shape index (κ3) is 1.87. The molecular formula is C14H8N4O2. The number of carboxylic acid groups (broad SMARTS) is 1. The Morgan fingerprint density at radius 2 is 2.10 bits per heavy atom. The molecule has 1 N–H and O–H groups in total. The maximum atomic E-state index is 11.0. The second-order valence-corrected chi connectivity index (χ2v) is 4.17. The molecule has 0 aliphatic carbocycles. The van der Waals surface area contributed by atoms with Gasteiger partial charge in [0.25, 0.3) is 0 Å². The Balaban J connectivity index is 2.23. The molecule has 0 aliphatic rings. The van der Waals surface area contributed by atoms with Crippen LogP contribution in [0.3, 0.4) is 0 Å². The number of hydrogen-bond acceptors (Lipinski definition) is 4. The summed E-state index contributed by atoms with van der Waals surface area (Å²) < 4.78 is 1.52. The lowest BCUT2D eigenvalue weighted by molar-refractivity contribution is 0.0697. The van der Waals surface area contributed by atoms with E-state index in [2.05, 4.69) is 16.4 Å². The number of rotatable bonds is 2. The molecule has 0 fully saturated rings. The zero-order valence-corrected chi connectivity index (χ0v) is 10.2. The summed E-state index contributed by atoms with van der Waals surface area (Å²) in [7, 11) is 0. The Morgan fingerprint density at radius 3 is 2.85 bits per heavy atom. The number of carboxylic acids is 1. The fourth-order valence-electron chi connectivity index (χ4n) is 1.95. The lowest BCUT2D eigenvalue weighted by Gasteiger charge is -2.02. The molecule has 96 valence electrons. The van der Waals surface area contributed by atoms with Gasteiger partial charge < -0.3 is 5.11 Å². The van der Waals surface area contributed by atoms with Gasteiger partial charge in [-0.3, -0.25) is 0 Å². The second-order valence-electron chi connectivity index (χ2n) is 4.17. The van der Waals surface area contributed by atoms with Crippen molar-refractivity contribution in [3.8, 4) is 11.8 Å². The van der Waals surface area contributed by atoms with Gasteiger partial charge in [-0.05, 0) is 36.4 Å². The van der Waals surface area contributed by atoms with Crippen LogP contribution in [0.5, 0.6) is 0 Å². The molecule has 20 heavy (non-hydrogen) atoms. The molecule has 3 aromatic rings. The lowest BCUT2D eigenvalue weighted by atomic mass is 10.2. The number of benzene rings is 2. The minimum atomic E-state index is -1.01. The van der Waals surface area contributed by atoms with Crippen molar-refractivity contribution in [3.63, 3.8) is 0 Å². The van der Waals surface area contributed by atoms with E-state index in [0.29, 0.717) is 22.3 Å². The van der Waals surface area contributed by atoms with Crippen molar-refractivity contribution in [1.29, 1.82) is 5.26 Å². The van der Waals surface area contributed by atoms with Crippen molar-refractivity contribution in [2.45, 2.75) is 0 Å². The Labute approximate surface area is 113 Å². The molecule has 0 aliphatic heterocycles. The van der Waals surface area contributed by atoms with E-state index < -0.39 is 5.97 Å². The predicted octanol–water partition coefficient (Wildman–Crippen LogP) is 1.99. The van der Waals surface area contributed by atoms with Crippen molar-refractivity contribution in [2.75, 3.05) is 0 Å². The molecule has 0 saturated carbocycles. The molecule has 1 heterocycles. The van der Waals surface area contributed by atoms with Crippen LogP contribution in [0.15, 0.2) is 42.5 Å². The molecular weight excluding hydrogens is 256 g/mol. The lowest BCUT2D eigenvalue weighted by Crippen LogP contribution is -1.99. The topological polar surface area (TPSA) is 91.8 Å². The average molecular weight is 264 g/mol. The molecule has 0 radical (unpaired) electrons. The summed E-state index contributed by atoms with van der Waals surface area (Å²) in [6, 6.07) is 13.5. The third-order valence-corrected chi connectivity index (χ3v) is 2.91. The first kappa shape index (κ1) is 11.9. The SMILES string of the molecule is N#Cc1cccc(-n2nnc3ccc(C(=O)O)cc32)c1. The van der Waals surface area contributed by atoms with E-state index >= 15 is 0 Å². The highest BCUT2D eigenvalue weighted by Gasteiger charge is 2.10. The zero-order chi connectivity index (χ0) is 14.1. The molecule has 0 atom stereocenters. The molecule has 0 spiro atoms. The van der Waals surface area contributed by atoms with Gasteiger partial charge in [-0.2, -0.15) is 5.26 Å². The molecule has 6 nitrogen and oxygen atoms in total. The minimum Gasteiger partial charge on any atom is -0.478 e. The van der Waals surface area contributed by atoms with Crippen molar-refractivity contribution in [1.82, 2.24) is 15.0 Å². The van der Waals surface area contributed by atoms with Gasteiger partial charge in [0, 0.05) is 0 Å². The van der Waals surface area contributed by atoms with E-state index in [1.165, 1.54) is 16.8 Å². The average Bonchev–Trinajstić information content (AvgIpc) is 2.90. The van der Waals surface area contributed by atoms with E-state index in [1.807, 2.05) is 0 Å². The van der Waals surface area contributed by atoms with Crippen LogP contribution in [-0.4, -0.2) is 26.1 Å². The largest absolute Gasteiger partial charge is 0.478 e. The van der Waals surface area contributed by atoms with Gasteiger partial charge in [-0.1, -0.05) is 11.3 Å². The Morgan fingerprint density at radius 1 is 1.25 bits per heavy atom. The van der Waals surface area contributed by atoms with E-state index in [1.54, 1.807) is 30.3 Å². The fraction of sp³-hybridized carbons (Fsp3) is 0. The normalized spacial score (nSPS) is 10.3. The summed E-state index contributed by atoms with van der Waals surface area (Å²) in [4.78, 5) is 11.0. The third-order valence-electron chi connectivity index (χ3n) is 2.91. The standard InChI is InChI=1S/C14H8N4O2/c15-8-9-2-1-3-11(6-9)18-13-7-10(14(19)20)4-5-12(13)16-17-18/h1-7H,(H,19,20). The molecule has 2 aromatic carbocycles. The van der Waals surface area contributed by atoms with Gasteiger partial charge >= 0.3 is 5.97 Å². The van der Waals surface area contributed by atoms with Crippen LogP contribution < -0.4 is 0 Å². The Kier molecular flexibility index (Phi) is 2.66. The van der Waals surface area contributed by atoms with Crippen LogP contribution in [0.25, 0.3) is 16.7 Å². The first-order valence-corrected chi connectivity index (χ1v) is 5.78. The summed E-state index contributed by atoms with van der Waals surface area (Å²) in [5.74, 6) is -1.01. The molecule has 0 unspecified atom stereocenters. The van der Waals surface area contributed by atoms with Gasteiger partial charge in [-0.15, -0.1) is 5.10 Å². The Bertz CT molecular complexity index is 861. The van der Waals surface area contributed by atoms with Crippen LogP contribution in [0, 0.1) is 11.3 Å². The Hall–Kier alpha value is -3.20. The summed E-state index contributed by atoms with van der Waals surface area (Å²) >= 11 is 0. The summed E-state index contributed by atoms with van der Waals surface area (Å²) in [5.41, 5.74) is 2.50. The highest BCUT2D eigenvalue weighted by molar-refractivity contribution is 5.92. The van der Waals surface area contributed by atoms with Gasteiger partial charge in [0.1, 0.15) is 5.52 Å². The maximum absolute atomic E-state index is 11.0. The molecule has 0 amide bonds. The highest BCUT2D eigenvalue weighted by atomic mass is 16.4. The zero-order valence-electron chi connectivity index (χ0n) is 10.2. The second kappa shape index (κ2) is 4.48. The number of carbonyl (C=O) groups is 1. The van der Waals surface area contributed by atoms with Crippen LogP contribution in [-0.2, 0) is 0 Å². The highest BCUT2D eigenvalue weighted by Crippen LogP contribution is 2.18. The van der Waals surface area contributed by atoms with Gasteiger partial charge in [0.2, 0.25) is 0 Å². The first-order valence-electron chi connectivity index (χ1n) is 5.78. The van der Waals surface area contributed by atoms with Crippen molar-refractivity contribution in [2.24, 2.45) is 0 Å². The molecule has 0 saturated heterocycles. The van der Waals surface area contributed by atoms with Gasteiger partial charge in [0.05, 0.1) is 28.4 Å². The smallest absolute Gasteiger partial charge is 0.335 e. The van der Waals surface area contributed by atoms with Crippen LogP contribution in [0.2, 0.25) is 0 Å². The van der Waals surface area contributed by atoms with E-state index in [-0.39, 0.29) is 5.56 Å². The molecule has 0 bridgehead atoms. The van der Waals surface area contributed by atoms with Crippen molar-refractivity contribution < 1.29 is 9.90 Å². The number of aromatic nitrogens is 3. The monoisotopic (exact) mass is 264 g/mol. The molecule has 6 heteroatoms.